The number of aromatic nitrogens is 1. The number of rotatable bonds is 5. The lowest BCUT2D eigenvalue weighted by Crippen LogP contribution is -2.07. The van der Waals surface area contributed by atoms with Crippen LogP contribution >= 0.6 is 0 Å². The number of oxazole rings is 1. The van der Waals surface area contributed by atoms with Crippen LogP contribution in [0.4, 0.5) is 5.69 Å². The first kappa shape index (κ1) is 20.7. The van der Waals surface area contributed by atoms with Gasteiger partial charge < -0.3 is 14.2 Å². The van der Waals surface area contributed by atoms with Crippen LogP contribution in [-0.4, -0.2) is 10.9 Å². The Hall–Kier alpha value is -4.90. The summed E-state index contributed by atoms with van der Waals surface area (Å²) in [5, 5.41) is 5.07. The van der Waals surface area contributed by atoms with Crippen molar-refractivity contribution in [3.8, 4) is 22.8 Å². The van der Waals surface area contributed by atoms with Crippen LogP contribution in [0.25, 0.3) is 50.7 Å². The molecule has 0 atom stereocenters. The molecule has 1 N–H and O–H groups in total. The molecule has 0 aliphatic heterocycles. The van der Waals surface area contributed by atoms with Crippen LogP contribution in [0.2, 0.25) is 0 Å². The van der Waals surface area contributed by atoms with E-state index in [2.05, 4.69) is 28.5 Å². The van der Waals surface area contributed by atoms with Crippen LogP contribution in [-0.2, 0) is 4.79 Å². The van der Waals surface area contributed by atoms with Gasteiger partial charge in [-0.2, -0.15) is 0 Å². The van der Waals surface area contributed by atoms with Gasteiger partial charge in [0.05, 0.1) is 0 Å². The summed E-state index contributed by atoms with van der Waals surface area (Å²) in [6, 6.07) is 33.1. The molecule has 4 aromatic carbocycles. The third-order valence-electron chi connectivity index (χ3n) is 5.76. The Balaban J connectivity index is 1.20. The maximum Gasteiger partial charge on any atom is 0.248 e. The Labute approximate surface area is 201 Å². The number of nitrogens with one attached hydrogen (secondary N) is 1. The van der Waals surface area contributed by atoms with Gasteiger partial charge in [-0.3, -0.25) is 4.79 Å². The largest absolute Gasteiger partial charge is 0.457 e. The fourth-order valence-electron chi connectivity index (χ4n) is 4.07. The molecule has 35 heavy (non-hydrogen) atoms. The van der Waals surface area contributed by atoms with E-state index in [1.54, 1.807) is 18.2 Å². The number of carbonyl (C=O) groups excluding carboxylic acids is 1. The lowest BCUT2D eigenvalue weighted by molar-refractivity contribution is -0.111. The van der Waals surface area contributed by atoms with E-state index in [9.17, 15) is 4.79 Å². The standard InChI is InChI=1S/C30H20N2O3/c33-29(18-15-23-14-17-27(34-23)21-8-2-1-3-9-21)31-22-13-16-28-26(19-22)32-30(35-28)25-12-6-10-20-7-4-5-11-24(20)25/h1-19H,(H,31,33)/b18-15+. The molecule has 0 saturated carbocycles. The van der Waals surface area contributed by atoms with Gasteiger partial charge in [0.25, 0.3) is 0 Å². The van der Waals surface area contributed by atoms with Crippen LogP contribution in [0, 0.1) is 0 Å². The number of furan rings is 1. The third kappa shape index (κ3) is 4.23. The second-order valence-corrected chi connectivity index (χ2v) is 8.12. The second kappa shape index (κ2) is 8.80. The molecular weight excluding hydrogens is 436 g/mol. The highest BCUT2D eigenvalue weighted by molar-refractivity contribution is 6.02. The molecule has 5 nitrogen and oxygen atoms in total. The first-order chi connectivity index (χ1) is 17.2. The van der Waals surface area contributed by atoms with Gasteiger partial charge in [0.1, 0.15) is 17.0 Å². The molecule has 0 aliphatic rings. The lowest BCUT2D eigenvalue weighted by atomic mass is 10.0. The SMILES string of the molecule is O=C(/C=C/c1ccc(-c2ccccc2)o1)Nc1ccc2oc(-c3cccc4ccccc34)nc2c1. The smallest absolute Gasteiger partial charge is 0.248 e. The summed E-state index contributed by atoms with van der Waals surface area (Å²) in [7, 11) is 0. The predicted octanol–water partition coefficient (Wildman–Crippen LogP) is 7.56. The van der Waals surface area contributed by atoms with Gasteiger partial charge in [-0.05, 0) is 53.2 Å². The van der Waals surface area contributed by atoms with Crippen molar-refractivity contribution in [3.05, 3.63) is 115 Å². The van der Waals surface area contributed by atoms with Crippen LogP contribution in [0.5, 0.6) is 0 Å². The second-order valence-electron chi connectivity index (χ2n) is 8.12. The number of anilines is 1. The van der Waals surface area contributed by atoms with Crippen LogP contribution in [0.3, 0.4) is 0 Å². The molecule has 0 saturated heterocycles. The number of fused-ring (bicyclic) bond motifs is 2. The van der Waals surface area contributed by atoms with Gasteiger partial charge in [0, 0.05) is 22.9 Å². The first-order valence-corrected chi connectivity index (χ1v) is 11.3. The van der Waals surface area contributed by atoms with E-state index in [0.29, 0.717) is 28.4 Å². The van der Waals surface area contributed by atoms with Gasteiger partial charge in [-0.25, -0.2) is 4.98 Å². The number of hydrogen-bond acceptors (Lipinski definition) is 4. The van der Waals surface area contributed by atoms with E-state index in [1.807, 2.05) is 72.8 Å². The van der Waals surface area contributed by atoms with E-state index >= 15 is 0 Å². The Morgan fingerprint density at radius 3 is 2.54 bits per heavy atom. The van der Waals surface area contributed by atoms with Crippen LogP contribution < -0.4 is 5.32 Å². The molecule has 2 heterocycles. The number of amides is 1. The van der Waals surface area contributed by atoms with Crippen molar-refractivity contribution in [1.29, 1.82) is 0 Å². The zero-order valence-electron chi connectivity index (χ0n) is 18.6. The number of nitrogens with zero attached hydrogens (tertiary/aromatic N) is 1. The molecule has 0 bridgehead atoms. The van der Waals surface area contributed by atoms with E-state index in [4.69, 9.17) is 8.83 Å². The monoisotopic (exact) mass is 456 g/mol. The first-order valence-electron chi connectivity index (χ1n) is 11.3. The summed E-state index contributed by atoms with van der Waals surface area (Å²) in [6.07, 6.45) is 3.09. The van der Waals surface area contributed by atoms with Crippen molar-refractivity contribution in [1.82, 2.24) is 4.98 Å². The molecular formula is C30H20N2O3. The van der Waals surface area contributed by atoms with Crippen molar-refractivity contribution in [2.45, 2.75) is 0 Å². The van der Waals surface area contributed by atoms with Gasteiger partial charge in [-0.15, -0.1) is 0 Å². The summed E-state index contributed by atoms with van der Waals surface area (Å²) in [4.78, 5) is 17.2. The van der Waals surface area contributed by atoms with E-state index in [1.165, 1.54) is 6.08 Å². The summed E-state index contributed by atoms with van der Waals surface area (Å²) in [5.41, 5.74) is 3.88. The predicted molar refractivity (Wildman–Crippen MR) is 139 cm³/mol. The molecule has 5 heteroatoms. The lowest BCUT2D eigenvalue weighted by Gasteiger charge is -2.01. The summed E-state index contributed by atoms with van der Waals surface area (Å²) >= 11 is 0. The van der Waals surface area contributed by atoms with Gasteiger partial charge >= 0.3 is 0 Å². The van der Waals surface area contributed by atoms with E-state index in [-0.39, 0.29) is 5.91 Å². The minimum absolute atomic E-state index is 0.264. The molecule has 1 amide bonds. The number of hydrogen-bond donors (Lipinski definition) is 1. The molecule has 2 aromatic heterocycles. The fourth-order valence-corrected chi connectivity index (χ4v) is 4.07. The average Bonchev–Trinajstić information content (AvgIpc) is 3.55. The Morgan fingerprint density at radius 2 is 1.63 bits per heavy atom. The van der Waals surface area contributed by atoms with Crippen molar-refractivity contribution >= 4 is 39.5 Å². The molecule has 0 radical (unpaired) electrons. The molecule has 6 aromatic rings. The van der Waals surface area contributed by atoms with Crippen molar-refractivity contribution < 1.29 is 13.6 Å². The van der Waals surface area contributed by atoms with Crippen molar-refractivity contribution in [2.75, 3.05) is 5.32 Å². The number of carbonyl (C=O) groups is 1. The van der Waals surface area contributed by atoms with Gasteiger partial charge in [-0.1, -0.05) is 66.7 Å². The maximum atomic E-state index is 12.5. The van der Waals surface area contributed by atoms with E-state index < -0.39 is 0 Å². The van der Waals surface area contributed by atoms with Crippen LogP contribution in [0.1, 0.15) is 5.76 Å². The molecule has 0 fully saturated rings. The highest BCUT2D eigenvalue weighted by Gasteiger charge is 2.12. The average molecular weight is 457 g/mol. The summed E-state index contributed by atoms with van der Waals surface area (Å²) in [5.74, 6) is 1.64. The maximum absolute atomic E-state index is 12.5. The quantitative estimate of drug-likeness (QED) is 0.272. The topological polar surface area (TPSA) is 68.3 Å². The Kier molecular flexibility index (Phi) is 5.20. The molecule has 0 spiro atoms. The molecule has 168 valence electrons. The molecule has 0 aliphatic carbocycles. The Morgan fingerprint density at radius 1 is 0.800 bits per heavy atom. The van der Waals surface area contributed by atoms with Gasteiger partial charge in [0.15, 0.2) is 5.58 Å². The molecule has 6 rings (SSSR count). The zero-order valence-corrected chi connectivity index (χ0v) is 18.6. The molecule has 0 unspecified atom stereocenters. The highest BCUT2D eigenvalue weighted by atomic mass is 16.3. The summed E-state index contributed by atoms with van der Waals surface area (Å²) < 4.78 is 11.8. The minimum Gasteiger partial charge on any atom is -0.457 e. The highest BCUT2D eigenvalue weighted by Crippen LogP contribution is 2.31. The Bertz CT molecular complexity index is 1690. The third-order valence-corrected chi connectivity index (χ3v) is 5.76. The van der Waals surface area contributed by atoms with E-state index in [0.717, 1.165) is 27.7 Å². The van der Waals surface area contributed by atoms with Crippen molar-refractivity contribution in [2.24, 2.45) is 0 Å². The van der Waals surface area contributed by atoms with Crippen LogP contribution in [0.15, 0.2) is 118 Å². The fraction of sp³-hybridized carbons (Fsp3) is 0. The summed E-state index contributed by atoms with van der Waals surface area (Å²) in [6.45, 7) is 0. The number of benzene rings is 4. The zero-order chi connectivity index (χ0) is 23.6. The minimum atomic E-state index is -0.264. The normalized spacial score (nSPS) is 11.4. The van der Waals surface area contributed by atoms with Crippen molar-refractivity contribution in [3.63, 3.8) is 0 Å². The van der Waals surface area contributed by atoms with Gasteiger partial charge in [0.2, 0.25) is 11.8 Å².